The molecule has 1 unspecified atom stereocenters. The first-order valence-electron chi connectivity index (χ1n) is 7.91. The van der Waals surface area contributed by atoms with Crippen LogP contribution in [0.1, 0.15) is 29.8 Å². The van der Waals surface area contributed by atoms with E-state index in [-0.39, 0.29) is 22.5 Å². The molecular formula is C19H20ClFN2O2. The predicted molar refractivity (Wildman–Crippen MR) is 97.3 cm³/mol. The molecule has 0 saturated carbocycles. The third-order valence-electron chi connectivity index (χ3n) is 3.74. The van der Waals surface area contributed by atoms with Gasteiger partial charge in [-0.2, -0.15) is 0 Å². The van der Waals surface area contributed by atoms with E-state index in [1.165, 1.54) is 12.1 Å². The maximum Gasteiger partial charge on any atom is 0.251 e. The SMILES string of the molecule is Cc1ccc(C(=O)NC(C(=O)Nc2ccc(Cl)cc2F)C(C)C)cc1. The van der Waals surface area contributed by atoms with Crippen LogP contribution in [0.2, 0.25) is 5.02 Å². The number of halogens is 2. The molecule has 132 valence electrons. The molecule has 0 aromatic heterocycles. The first-order chi connectivity index (χ1) is 11.8. The van der Waals surface area contributed by atoms with Gasteiger partial charge in [0.2, 0.25) is 5.91 Å². The summed E-state index contributed by atoms with van der Waals surface area (Å²) in [6.45, 7) is 5.53. The minimum Gasteiger partial charge on any atom is -0.340 e. The van der Waals surface area contributed by atoms with Crippen LogP contribution < -0.4 is 10.6 Å². The fourth-order valence-electron chi connectivity index (χ4n) is 2.27. The summed E-state index contributed by atoms with van der Waals surface area (Å²) in [5.41, 5.74) is 1.51. The summed E-state index contributed by atoms with van der Waals surface area (Å²) in [6.07, 6.45) is 0. The molecule has 1 atom stereocenters. The number of carbonyl (C=O) groups excluding carboxylic acids is 2. The Bertz CT molecular complexity index is 775. The van der Waals surface area contributed by atoms with Crippen LogP contribution >= 0.6 is 11.6 Å². The van der Waals surface area contributed by atoms with E-state index in [0.717, 1.165) is 11.6 Å². The molecule has 2 amide bonds. The number of hydrogen-bond donors (Lipinski definition) is 2. The molecule has 4 nitrogen and oxygen atoms in total. The second kappa shape index (κ2) is 8.12. The van der Waals surface area contributed by atoms with E-state index in [4.69, 9.17) is 11.6 Å². The number of aryl methyl sites for hydroxylation is 1. The van der Waals surface area contributed by atoms with Crippen molar-refractivity contribution in [2.24, 2.45) is 5.92 Å². The molecule has 0 fully saturated rings. The molecule has 0 heterocycles. The Morgan fingerprint density at radius 1 is 1.08 bits per heavy atom. The highest BCUT2D eigenvalue weighted by molar-refractivity contribution is 6.30. The van der Waals surface area contributed by atoms with Crippen LogP contribution in [0, 0.1) is 18.7 Å². The lowest BCUT2D eigenvalue weighted by molar-refractivity contribution is -0.118. The zero-order valence-corrected chi connectivity index (χ0v) is 15.0. The van der Waals surface area contributed by atoms with Crippen molar-refractivity contribution in [2.45, 2.75) is 26.8 Å². The van der Waals surface area contributed by atoms with Crippen molar-refractivity contribution in [3.05, 3.63) is 64.4 Å². The minimum atomic E-state index is -0.802. The lowest BCUT2D eigenvalue weighted by Crippen LogP contribution is -2.47. The topological polar surface area (TPSA) is 58.2 Å². The molecule has 2 N–H and O–H groups in total. The van der Waals surface area contributed by atoms with E-state index in [9.17, 15) is 14.0 Å². The Kier molecular flexibility index (Phi) is 6.15. The van der Waals surface area contributed by atoms with E-state index < -0.39 is 17.8 Å². The number of anilines is 1. The van der Waals surface area contributed by atoms with Crippen molar-refractivity contribution in [3.8, 4) is 0 Å². The maximum absolute atomic E-state index is 13.9. The summed E-state index contributed by atoms with van der Waals surface area (Å²) in [5.74, 6) is -1.65. The molecule has 0 saturated heterocycles. The molecule has 2 rings (SSSR count). The van der Waals surface area contributed by atoms with Gasteiger partial charge in [0.1, 0.15) is 11.9 Å². The summed E-state index contributed by atoms with van der Waals surface area (Å²) >= 11 is 5.70. The molecule has 0 spiro atoms. The van der Waals surface area contributed by atoms with E-state index in [1.807, 2.05) is 19.1 Å². The summed E-state index contributed by atoms with van der Waals surface area (Å²) in [4.78, 5) is 24.8. The summed E-state index contributed by atoms with van der Waals surface area (Å²) in [6, 6.07) is 10.2. The number of amides is 2. The van der Waals surface area contributed by atoms with Gasteiger partial charge in [0.15, 0.2) is 0 Å². The normalized spacial score (nSPS) is 11.9. The van der Waals surface area contributed by atoms with Crippen molar-refractivity contribution in [2.75, 3.05) is 5.32 Å². The Hall–Kier alpha value is -2.40. The molecule has 25 heavy (non-hydrogen) atoms. The van der Waals surface area contributed by atoms with Crippen LogP contribution in [-0.4, -0.2) is 17.9 Å². The van der Waals surface area contributed by atoms with Crippen molar-refractivity contribution in [1.82, 2.24) is 5.32 Å². The van der Waals surface area contributed by atoms with Crippen LogP contribution in [0.25, 0.3) is 0 Å². The summed E-state index contributed by atoms with van der Waals surface area (Å²) < 4.78 is 13.9. The molecule has 0 aliphatic heterocycles. The van der Waals surface area contributed by atoms with E-state index >= 15 is 0 Å². The summed E-state index contributed by atoms with van der Waals surface area (Å²) in [5, 5.41) is 5.44. The van der Waals surface area contributed by atoms with Gasteiger partial charge in [-0.15, -0.1) is 0 Å². The molecular weight excluding hydrogens is 343 g/mol. The van der Waals surface area contributed by atoms with Crippen LogP contribution in [0.4, 0.5) is 10.1 Å². The van der Waals surface area contributed by atoms with Crippen molar-refractivity contribution < 1.29 is 14.0 Å². The Morgan fingerprint density at radius 2 is 1.72 bits per heavy atom. The van der Waals surface area contributed by atoms with E-state index in [2.05, 4.69) is 10.6 Å². The maximum atomic E-state index is 13.9. The fraction of sp³-hybridized carbons (Fsp3) is 0.263. The highest BCUT2D eigenvalue weighted by atomic mass is 35.5. The predicted octanol–water partition coefficient (Wildman–Crippen LogP) is 4.18. The number of carbonyl (C=O) groups is 2. The van der Waals surface area contributed by atoms with Gasteiger partial charge in [-0.25, -0.2) is 4.39 Å². The first kappa shape index (κ1) is 18.9. The zero-order chi connectivity index (χ0) is 18.6. The van der Waals surface area contributed by atoms with Gasteiger partial charge in [-0.3, -0.25) is 9.59 Å². The highest BCUT2D eigenvalue weighted by Crippen LogP contribution is 2.19. The average molecular weight is 363 g/mol. The highest BCUT2D eigenvalue weighted by Gasteiger charge is 2.25. The summed E-state index contributed by atoms with van der Waals surface area (Å²) in [7, 11) is 0. The van der Waals surface area contributed by atoms with Gasteiger partial charge in [0, 0.05) is 10.6 Å². The number of hydrogen-bond acceptors (Lipinski definition) is 2. The monoisotopic (exact) mass is 362 g/mol. The average Bonchev–Trinajstić information content (AvgIpc) is 2.55. The number of rotatable bonds is 5. The molecule has 0 aliphatic carbocycles. The third kappa shape index (κ3) is 5.03. The molecule has 2 aromatic rings. The molecule has 2 aromatic carbocycles. The van der Waals surface area contributed by atoms with Gasteiger partial charge < -0.3 is 10.6 Å². The molecule has 0 aliphatic rings. The lowest BCUT2D eigenvalue weighted by atomic mass is 10.0. The van der Waals surface area contributed by atoms with E-state index in [1.54, 1.807) is 26.0 Å². The van der Waals surface area contributed by atoms with Crippen molar-refractivity contribution in [1.29, 1.82) is 0 Å². The van der Waals surface area contributed by atoms with Crippen LogP contribution in [0.5, 0.6) is 0 Å². The van der Waals surface area contributed by atoms with Crippen molar-refractivity contribution in [3.63, 3.8) is 0 Å². The smallest absolute Gasteiger partial charge is 0.251 e. The van der Waals surface area contributed by atoms with E-state index in [0.29, 0.717) is 5.56 Å². The lowest BCUT2D eigenvalue weighted by Gasteiger charge is -2.22. The van der Waals surface area contributed by atoms with Gasteiger partial charge in [-0.05, 0) is 43.2 Å². The quantitative estimate of drug-likeness (QED) is 0.838. The Balaban J connectivity index is 2.12. The molecule has 0 bridgehead atoms. The minimum absolute atomic E-state index is 0.0182. The Morgan fingerprint density at radius 3 is 2.28 bits per heavy atom. The first-order valence-corrected chi connectivity index (χ1v) is 8.29. The van der Waals surface area contributed by atoms with Crippen molar-refractivity contribution >= 4 is 29.1 Å². The second-order valence-electron chi connectivity index (χ2n) is 6.17. The molecule has 0 radical (unpaired) electrons. The number of benzene rings is 2. The van der Waals surface area contributed by atoms with Gasteiger partial charge >= 0.3 is 0 Å². The largest absolute Gasteiger partial charge is 0.340 e. The van der Waals surface area contributed by atoms with Crippen LogP contribution in [0.15, 0.2) is 42.5 Å². The van der Waals surface area contributed by atoms with Gasteiger partial charge in [-0.1, -0.05) is 43.1 Å². The second-order valence-corrected chi connectivity index (χ2v) is 6.61. The van der Waals surface area contributed by atoms with Gasteiger partial charge in [0.05, 0.1) is 5.69 Å². The van der Waals surface area contributed by atoms with Crippen LogP contribution in [0.3, 0.4) is 0 Å². The zero-order valence-electron chi connectivity index (χ0n) is 14.3. The van der Waals surface area contributed by atoms with Gasteiger partial charge in [0.25, 0.3) is 5.91 Å². The third-order valence-corrected chi connectivity index (χ3v) is 3.97. The Labute approximate surface area is 151 Å². The fourth-order valence-corrected chi connectivity index (χ4v) is 2.42. The standard InChI is InChI=1S/C19H20ClFN2O2/c1-11(2)17(23-18(24)13-6-4-12(3)5-7-13)19(25)22-16-9-8-14(20)10-15(16)21/h4-11,17H,1-3H3,(H,22,25)(H,23,24). The van der Waals surface area contributed by atoms with Crippen LogP contribution in [-0.2, 0) is 4.79 Å². The number of nitrogens with one attached hydrogen (secondary N) is 2. The molecule has 6 heteroatoms.